The van der Waals surface area contributed by atoms with Crippen molar-refractivity contribution < 1.29 is 14.3 Å². The molecule has 2 rings (SSSR count). The molecule has 0 unspecified atom stereocenters. The summed E-state index contributed by atoms with van der Waals surface area (Å²) in [5, 5.41) is 9.59. The average Bonchev–Trinajstić information content (AvgIpc) is 2.65. The van der Waals surface area contributed by atoms with Crippen molar-refractivity contribution in [3.8, 4) is 6.07 Å². The SMILES string of the molecule is C[C@@H](OC(=O)/C=C/c1cccc(Br)c1)C(=O)N(C)C1(C#N)CCCCC1. The minimum atomic E-state index is -0.938. The van der Waals surface area contributed by atoms with Crippen molar-refractivity contribution >= 4 is 33.9 Å². The molecule has 1 aliphatic carbocycles. The van der Waals surface area contributed by atoms with Gasteiger partial charge >= 0.3 is 5.97 Å². The fourth-order valence-electron chi connectivity index (χ4n) is 3.18. The molecular formula is C20H23BrN2O3. The van der Waals surface area contributed by atoms with Crippen LogP contribution >= 0.6 is 15.9 Å². The van der Waals surface area contributed by atoms with Crippen molar-refractivity contribution in [2.24, 2.45) is 0 Å². The van der Waals surface area contributed by atoms with Crippen molar-refractivity contribution in [1.82, 2.24) is 4.90 Å². The van der Waals surface area contributed by atoms with Crippen LogP contribution in [0.2, 0.25) is 0 Å². The first-order valence-electron chi connectivity index (χ1n) is 8.71. The van der Waals surface area contributed by atoms with Gasteiger partial charge in [-0.3, -0.25) is 4.79 Å². The molecule has 6 heteroatoms. The predicted octanol–water partition coefficient (Wildman–Crippen LogP) is 4.08. The molecule has 0 N–H and O–H groups in total. The van der Waals surface area contributed by atoms with Crippen LogP contribution in [0.15, 0.2) is 34.8 Å². The van der Waals surface area contributed by atoms with E-state index in [1.54, 1.807) is 13.1 Å². The van der Waals surface area contributed by atoms with Gasteiger partial charge in [-0.15, -0.1) is 0 Å². The van der Waals surface area contributed by atoms with E-state index in [0.29, 0.717) is 12.8 Å². The van der Waals surface area contributed by atoms with Gasteiger partial charge in [-0.25, -0.2) is 4.79 Å². The smallest absolute Gasteiger partial charge is 0.331 e. The summed E-state index contributed by atoms with van der Waals surface area (Å²) in [7, 11) is 1.62. The fourth-order valence-corrected chi connectivity index (χ4v) is 3.60. The number of nitriles is 1. The van der Waals surface area contributed by atoms with Gasteiger partial charge in [-0.1, -0.05) is 47.3 Å². The Morgan fingerprint density at radius 1 is 1.35 bits per heavy atom. The number of hydrogen-bond donors (Lipinski definition) is 0. The zero-order valence-electron chi connectivity index (χ0n) is 15.1. The highest BCUT2D eigenvalue weighted by Gasteiger charge is 2.40. The normalized spacial score (nSPS) is 17.3. The fraction of sp³-hybridized carbons (Fsp3) is 0.450. The molecule has 1 amide bonds. The molecule has 138 valence electrons. The van der Waals surface area contributed by atoms with Gasteiger partial charge < -0.3 is 9.64 Å². The summed E-state index contributed by atoms with van der Waals surface area (Å²) >= 11 is 3.37. The van der Waals surface area contributed by atoms with E-state index in [9.17, 15) is 14.9 Å². The van der Waals surface area contributed by atoms with Crippen molar-refractivity contribution in [3.63, 3.8) is 0 Å². The van der Waals surface area contributed by atoms with E-state index in [1.165, 1.54) is 17.9 Å². The number of hydrogen-bond acceptors (Lipinski definition) is 4. The number of carbonyl (C=O) groups is 2. The lowest BCUT2D eigenvalue weighted by Crippen LogP contribution is -2.53. The molecule has 1 aromatic rings. The highest BCUT2D eigenvalue weighted by atomic mass is 79.9. The third-order valence-corrected chi connectivity index (χ3v) is 5.26. The molecule has 0 saturated heterocycles. The van der Waals surface area contributed by atoms with E-state index in [1.807, 2.05) is 24.3 Å². The quantitative estimate of drug-likeness (QED) is 0.533. The highest BCUT2D eigenvalue weighted by molar-refractivity contribution is 9.10. The molecule has 0 radical (unpaired) electrons. The van der Waals surface area contributed by atoms with E-state index in [0.717, 1.165) is 29.3 Å². The van der Waals surface area contributed by atoms with E-state index in [4.69, 9.17) is 4.74 Å². The molecule has 1 aromatic carbocycles. The molecule has 0 bridgehead atoms. The first kappa shape index (κ1) is 20.2. The van der Waals surface area contributed by atoms with Crippen LogP contribution in [0.1, 0.15) is 44.6 Å². The van der Waals surface area contributed by atoms with Crippen LogP contribution in [0.3, 0.4) is 0 Å². The number of benzene rings is 1. The molecule has 26 heavy (non-hydrogen) atoms. The van der Waals surface area contributed by atoms with Crippen molar-refractivity contribution in [2.45, 2.75) is 50.7 Å². The van der Waals surface area contributed by atoms with Crippen LogP contribution in [0, 0.1) is 11.3 Å². The number of likely N-dealkylation sites (N-methyl/N-ethyl adjacent to an activating group) is 1. The molecule has 1 aliphatic rings. The van der Waals surface area contributed by atoms with E-state index >= 15 is 0 Å². The van der Waals surface area contributed by atoms with Gasteiger partial charge in [0.05, 0.1) is 6.07 Å². The Morgan fingerprint density at radius 3 is 2.65 bits per heavy atom. The molecular weight excluding hydrogens is 396 g/mol. The average molecular weight is 419 g/mol. The Hall–Kier alpha value is -2.13. The number of amides is 1. The lowest BCUT2D eigenvalue weighted by molar-refractivity contribution is -0.157. The molecule has 0 aliphatic heterocycles. The maximum Gasteiger partial charge on any atom is 0.331 e. The number of ether oxygens (including phenoxy) is 1. The van der Waals surface area contributed by atoms with Crippen molar-refractivity contribution in [2.75, 3.05) is 7.05 Å². The number of nitrogens with zero attached hydrogens (tertiary/aromatic N) is 2. The molecule has 0 heterocycles. The number of carbonyl (C=O) groups excluding carboxylic acids is 2. The molecule has 1 fully saturated rings. The van der Waals surface area contributed by atoms with Gasteiger partial charge in [0.1, 0.15) is 5.54 Å². The minimum Gasteiger partial charge on any atom is -0.449 e. The Kier molecular flexibility index (Phi) is 6.98. The third-order valence-electron chi connectivity index (χ3n) is 4.76. The maximum atomic E-state index is 12.6. The number of halogens is 1. The Balaban J connectivity index is 1.97. The Morgan fingerprint density at radius 2 is 2.04 bits per heavy atom. The molecule has 1 saturated carbocycles. The molecule has 0 aromatic heterocycles. The summed E-state index contributed by atoms with van der Waals surface area (Å²) < 4.78 is 6.14. The topological polar surface area (TPSA) is 70.4 Å². The largest absolute Gasteiger partial charge is 0.449 e. The third kappa shape index (κ3) is 4.95. The van der Waals surface area contributed by atoms with Crippen LogP contribution in [0.25, 0.3) is 6.08 Å². The van der Waals surface area contributed by atoms with Gasteiger partial charge in [-0.05, 0) is 43.5 Å². The number of rotatable bonds is 5. The summed E-state index contributed by atoms with van der Waals surface area (Å²) in [4.78, 5) is 26.1. The van der Waals surface area contributed by atoms with Crippen LogP contribution in [0.4, 0.5) is 0 Å². The van der Waals surface area contributed by atoms with Crippen molar-refractivity contribution in [1.29, 1.82) is 5.26 Å². The summed E-state index contributed by atoms with van der Waals surface area (Å²) in [5.74, 6) is -0.938. The predicted molar refractivity (Wildman–Crippen MR) is 103 cm³/mol. The molecule has 0 spiro atoms. The maximum absolute atomic E-state index is 12.6. The highest BCUT2D eigenvalue weighted by Crippen LogP contribution is 2.32. The van der Waals surface area contributed by atoms with E-state index in [-0.39, 0.29) is 5.91 Å². The second-order valence-electron chi connectivity index (χ2n) is 6.57. The second-order valence-corrected chi connectivity index (χ2v) is 7.48. The van der Waals surface area contributed by atoms with Gasteiger partial charge in [0.15, 0.2) is 6.10 Å². The van der Waals surface area contributed by atoms with Crippen LogP contribution in [-0.4, -0.2) is 35.5 Å². The first-order chi connectivity index (χ1) is 12.4. The Labute approximate surface area is 162 Å². The summed E-state index contributed by atoms with van der Waals surface area (Å²) in [6.45, 7) is 1.54. The summed E-state index contributed by atoms with van der Waals surface area (Å²) in [6, 6.07) is 9.78. The Bertz CT molecular complexity index is 733. The van der Waals surface area contributed by atoms with Crippen LogP contribution in [-0.2, 0) is 14.3 Å². The first-order valence-corrected chi connectivity index (χ1v) is 9.50. The number of esters is 1. The summed E-state index contributed by atoms with van der Waals surface area (Å²) in [5.41, 5.74) is 0.0559. The second kappa shape index (κ2) is 9.00. The van der Waals surface area contributed by atoms with Gasteiger partial charge in [0.2, 0.25) is 0 Å². The molecule has 1 atom stereocenters. The zero-order valence-corrected chi connectivity index (χ0v) is 16.7. The van der Waals surface area contributed by atoms with E-state index in [2.05, 4.69) is 22.0 Å². The van der Waals surface area contributed by atoms with E-state index < -0.39 is 17.6 Å². The zero-order chi connectivity index (χ0) is 19.2. The summed E-state index contributed by atoms with van der Waals surface area (Å²) in [6.07, 6.45) is 6.24. The van der Waals surface area contributed by atoms with Crippen LogP contribution < -0.4 is 0 Å². The van der Waals surface area contributed by atoms with Crippen molar-refractivity contribution in [3.05, 3.63) is 40.4 Å². The standard InChI is InChI=1S/C20H23BrN2O3/c1-15(19(25)23(2)20(14-22)11-4-3-5-12-20)26-18(24)10-9-16-7-6-8-17(21)13-16/h6-10,13,15H,3-5,11-12H2,1-2H3/b10-9+/t15-/m1/s1. The van der Waals surface area contributed by atoms with Crippen LogP contribution in [0.5, 0.6) is 0 Å². The monoisotopic (exact) mass is 418 g/mol. The van der Waals surface area contributed by atoms with Gasteiger partial charge in [0.25, 0.3) is 5.91 Å². The lowest BCUT2D eigenvalue weighted by atomic mass is 9.81. The lowest BCUT2D eigenvalue weighted by Gasteiger charge is -2.39. The molecule has 5 nitrogen and oxygen atoms in total. The van der Waals surface area contributed by atoms with Gasteiger partial charge in [0, 0.05) is 17.6 Å². The van der Waals surface area contributed by atoms with Gasteiger partial charge in [-0.2, -0.15) is 5.26 Å². The minimum absolute atomic E-state index is 0.349.